The lowest BCUT2D eigenvalue weighted by atomic mass is 9.99. The van der Waals surface area contributed by atoms with Gasteiger partial charge in [-0.25, -0.2) is 0 Å². The second-order valence-corrected chi connectivity index (χ2v) is 6.68. The standard InChI is InChI=1S/C15H28O13/c16-2-1-8(19)25-4-7-9(20)11(22)12(23)14(26-7)28-15(5-18)13(24)10(21)6(3-17)27-15/h6-14,16-24H,1-5H2/t6-,7-,8?,9-,10-,11+,12-,13+,14-,15+/m1/s1. The first-order chi connectivity index (χ1) is 13.2. The van der Waals surface area contributed by atoms with E-state index in [1.807, 2.05) is 0 Å². The molecule has 1 unspecified atom stereocenters. The summed E-state index contributed by atoms with van der Waals surface area (Å²) >= 11 is 0. The van der Waals surface area contributed by atoms with Crippen LogP contribution in [0.25, 0.3) is 0 Å². The van der Waals surface area contributed by atoms with E-state index in [0.29, 0.717) is 0 Å². The largest absolute Gasteiger partial charge is 0.396 e. The molecule has 0 bridgehead atoms. The molecule has 2 heterocycles. The fourth-order valence-electron chi connectivity index (χ4n) is 3.02. The van der Waals surface area contributed by atoms with Crippen molar-refractivity contribution in [2.75, 3.05) is 26.4 Å². The van der Waals surface area contributed by atoms with E-state index >= 15 is 0 Å². The molecule has 13 heteroatoms. The van der Waals surface area contributed by atoms with E-state index in [-0.39, 0.29) is 13.0 Å². The van der Waals surface area contributed by atoms with Crippen molar-refractivity contribution in [1.82, 2.24) is 0 Å². The minimum atomic E-state index is -2.28. The van der Waals surface area contributed by atoms with Crippen molar-refractivity contribution in [2.24, 2.45) is 0 Å². The summed E-state index contributed by atoms with van der Waals surface area (Å²) in [5.74, 6) is -2.28. The summed E-state index contributed by atoms with van der Waals surface area (Å²) in [5, 5.41) is 87.2. The van der Waals surface area contributed by atoms with Gasteiger partial charge in [-0.05, 0) is 0 Å². The summed E-state index contributed by atoms with van der Waals surface area (Å²) in [6.07, 6.45) is -14.5. The van der Waals surface area contributed by atoms with E-state index in [9.17, 15) is 40.9 Å². The maximum absolute atomic E-state index is 10.1. The molecule has 2 saturated heterocycles. The second kappa shape index (κ2) is 9.99. The molecule has 0 spiro atoms. The Morgan fingerprint density at radius 2 is 1.57 bits per heavy atom. The number of ether oxygens (including phenoxy) is 4. The lowest BCUT2D eigenvalue weighted by Gasteiger charge is -2.43. The van der Waals surface area contributed by atoms with Crippen LogP contribution >= 0.6 is 0 Å². The molecular formula is C15H28O13. The minimum absolute atomic E-state index is 0.109. The molecule has 0 aromatic rings. The van der Waals surface area contributed by atoms with Gasteiger partial charge in [-0.2, -0.15) is 0 Å². The summed E-state index contributed by atoms with van der Waals surface area (Å²) in [6, 6.07) is 0. The Morgan fingerprint density at radius 1 is 0.893 bits per heavy atom. The van der Waals surface area contributed by atoms with Gasteiger partial charge in [0.1, 0.15) is 49.3 Å². The second-order valence-electron chi connectivity index (χ2n) is 6.68. The molecule has 10 atom stereocenters. The van der Waals surface area contributed by atoms with Gasteiger partial charge in [0.15, 0.2) is 12.6 Å². The monoisotopic (exact) mass is 416 g/mol. The van der Waals surface area contributed by atoms with Crippen molar-refractivity contribution in [2.45, 2.75) is 67.5 Å². The number of aliphatic hydroxyl groups is 9. The van der Waals surface area contributed by atoms with E-state index in [1.165, 1.54) is 0 Å². The summed E-state index contributed by atoms with van der Waals surface area (Å²) < 4.78 is 20.8. The molecule has 0 amide bonds. The fraction of sp³-hybridized carbons (Fsp3) is 1.00. The summed E-state index contributed by atoms with van der Waals surface area (Å²) in [5.41, 5.74) is 0. The Labute approximate surface area is 159 Å². The topological polar surface area (TPSA) is 219 Å². The minimum Gasteiger partial charge on any atom is -0.396 e. The van der Waals surface area contributed by atoms with Crippen molar-refractivity contribution in [1.29, 1.82) is 0 Å². The highest BCUT2D eigenvalue weighted by Crippen LogP contribution is 2.36. The molecule has 2 aliphatic rings. The Balaban J connectivity index is 2.10. The van der Waals surface area contributed by atoms with Gasteiger partial charge in [0.2, 0.25) is 5.79 Å². The number of hydrogen-bond donors (Lipinski definition) is 9. The van der Waals surface area contributed by atoms with E-state index in [2.05, 4.69) is 0 Å². The average Bonchev–Trinajstić information content (AvgIpc) is 2.92. The smallest absolute Gasteiger partial charge is 0.224 e. The molecule has 0 radical (unpaired) electrons. The highest BCUT2D eigenvalue weighted by atomic mass is 16.8. The van der Waals surface area contributed by atoms with Crippen LogP contribution in [0.1, 0.15) is 6.42 Å². The van der Waals surface area contributed by atoms with Crippen molar-refractivity contribution in [3.63, 3.8) is 0 Å². The Bertz CT molecular complexity index is 481. The Hall–Kier alpha value is -0.520. The van der Waals surface area contributed by atoms with Crippen LogP contribution in [-0.2, 0) is 18.9 Å². The van der Waals surface area contributed by atoms with Gasteiger partial charge in [-0.15, -0.1) is 0 Å². The Morgan fingerprint density at radius 3 is 2.11 bits per heavy atom. The molecule has 166 valence electrons. The molecule has 13 nitrogen and oxygen atoms in total. The normalized spacial score (nSPS) is 45.3. The zero-order chi connectivity index (χ0) is 21.1. The third kappa shape index (κ3) is 4.79. The zero-order valence-electron chi connectivity index (χ0n) is 14.9. The van der Waals surface area contributed by atoms with Crippen LogP contribution in [0.2, 0.25) is 0 Å². The van der Waals surface area contributed by atoms with Crippen LogP contribution < -0.4 is 0 Å². The number of aliphatic hydroxyl groups excluding tert-OH is 9. The Kier molecular flexibility index (Phi) is 8.48. The van der Waals surface area contributed by atoms with Gasteiger partial charge >= 0.3 is 0 Å². The van der Waals surface area contributed by atoms with Crippen molar-refractivity contribution >= 4 is 0 Å². The molecule has 0 aromatic heterocycles. The first kappa shape index (κ1) is 23.8. The highest BCUT2D eigenvalue weighted by Gasteiger charge is 2.58. The SMILES string of the molecule is OCCC(O)OC[C@H]1O[C@H](O[C@]2(CO)O[C@H](CO)[C@@H](O)[C@@H]2O)[C@H](O)[C@@H](O)[C@@H]1O. The van der Waals surface area contributed by atoms with Crippen LogP contribution in [0.15, 0.2) is 0 Å². The summed E-state index contributed by atoms with van der Waals surface area (Å²) in [7, 11) is 0. The third-order valence-electron chi connectivity index (χ3n) is 4.72. The van der Waals surface area contributed by atoms with Crippen molar-refractivity contribution < 1.29 is 64.9 Å². The predicted molar refractivity (Wildman–Crippen MR) is 85.2 cm³/mol. The molecule has 28 heavy (non-hydrogen) atoms. The number of rotatable bonds is 9. The first-order valence-corrected chi connectivity index (χ1v) is 8.74. The quantitative estimate of drug-likeness (QED) is 0.160. The van der Waals surface area contributed by atoms with Gasteiger partial charge in [0.05, 0.1) is 13.2 Å². The van der Waals surface area contributed by atoms with E-state index in [1.54, 1.807) is 0 Å². The van der Waals surface area contributed by atoms with Gasteiger partial charge in [0, 0.05) is 13.0 Å². The first-order valence-electron chi connectivity index (χ1n) is 8.74. The van der Waals surface area contributed by atoms with Crippen LogP contribution in [0, 0.1) is 0 Å². The van der Waals surface area contributed by atoms with Gasteiger partial charge in [0.25, 0.3) is 0 Å². The van der Waals surface area contributed by atoms with E-state index in [4.69, 9.17) is 24.1 Å². The average molecular weight is 416 g/mol. The van der Waals surface area contributed by atoms with E-state index in [0.717, 1.165) is 0 Å². The molecule has 2 rings (SSSR count). The van der Waals surface area contributed by atoms with Crippen molar-refractivity contribution in [3.8, 4) is 0 Å². The van der Waals surface area contributed by atoms with Crippen LogP contribution in [0.5, 0.6) is 0 Å². The molecule has 0 aliphatic carbocycles. The van der Waals surface area contributed by atoms with Crippen LogP contribution in [0.3, 0.4) is 0 Å². The lowest BCUT2D eigenvalue weighted by molar-refractivity contribution is -0.385. The molecule has 2 fully saturated rings. The third-order valence-corrected chi connectivity index (χ3v) is 4.72. The summed E-state index contributed by atoms with van der Waals surface area (Å²) in [4.78, 5) is 0. The molecular weight excluding hydrogens is 388 g/mol. The molecule has 0 aromatic carbocycles. The molecule has 0 saturated carbocycles. The lowest BCUT2D eigenvalue weighted by Crippen LogP contribution is -2.63. The van der Waals surface area contributed by atoms with Crippen molar-refractivity contribution in [3.05, 3.63) is 0 Å². The maximum atomic E-state index is 10.1. The number of hydrogen-bond acceptors (Lipinski definition) is 13. The van der Waals surface area contributed by atoms with Gasteiger partial charge < -0.3 is 64.9 Å². The van der Waals surface area contributed by atoms with Crippen LogP contribution in [-0.4, -0.2) is 133 Å². The van der Waals surface area contributed by atoms with Gasteiger partial charge in [-0.3, -0.25) is 0 Å². The highest BCUT2D eigenvalue weighted by molar-refractivity contribution is 4.98. The molecule has 2 aliphatic heterocycles. The maximum Gasteiger partial charge on any atom is 0.224 e. The predicted octanol–water partition coefficient (Wildman–Crippen LogP) is -5.67. The van der Waals surface area contributed by atoms with Gasteiger partial charge in [-0.1, -0.05) is 0 Å². The molecule has 9 N–H and O–H groups in total. The fourth-order valence-corrected chi connectivity index (χ4v) is 3.02. The van der Waals surface area contributed by atoms with E-state index < -0.39 is 80.9 Å². The summed E-state index contributed by atoms with van der Waals surface area (Å²) in [6.45, 7) is -2.50. The van der Waals surface area contributed by atoms with Crippen LogP contribution in [0.4, 0.5) is 0 Å². The zero-order valence-corrected chi connectivity index (χ0v) is 14.9.